The van der Waals surface area contributed by atoms with Crippen molar-refractivity contribution in [2.24, 2.45) is 5.92 Å². The summed E-state index contributed by atoms with van der Waals surface area (Å²) in [6, 6.07) is 8.23. The Balaban J connectivity index is 1.76. The van der Waals surface area contributed by atoms with Gasteiger partial charge in [-0.05, 0) is 42.9 Å². The first-order valence-electron chi connectivity index (χ1n) is 7.05. The van der Waals surface area contributed by atoms with Crippen molar-refractivity contribution in [3.63, 3.8) is 0 Å². The molecule has 1 aliphatic carbocycles. The van der Waals surface area contributed by atoms with Gasteiger partial charge in [-0.15, -0.1) is 11.6 Å². The number of alkyl halides is 1. The highest BCUT2D eigenvalue weighted by molar-refractivity contribution is 6.20. The van der Waals surface area contributed by atoms with E-state index in [1.807, 2.05) is 12.1 Å². The van der Waals surface area contributed by atoms with Gasteiger partial charge in [0.2, 0.25) is 0 Å². The number of halogens is 1. The van der Waals surface area contributed by atoms with Gasteiger partial charge >= 0.3 is 0 Å². The maximum absolute atomic E-state index is 6.45. The number of methoxy groups -OCH3 is 1. The Hall–Kier alpha value is -0.690. The number of ether oxygens (including phenoxy) is 1. The second-order valence-electron chi connectivity index (χ2n) is 5.38. The first-order valence-corrected chi connectivity index (χ1v) is 7.48. The van der Waals surface area contributed by atoms with E-state index in [1.54, 1.807) is 7.11 Å². The van der Waals surface area contributed by atoms with Crippen LogP contribution in [-0.2, 0) is 6.42 Å². The van der Waals surface area contributed by atoms with Gasteiger partial charge in [-0.25, -0.2) is 0 Å². The average Bonchev–Trinajstić information content (AvgIpc) is 2.90. The lowest BCUT2D eigenvalue weighted by atomic mass is 9.98. The molecule has 1 atom stereocenters. The third-order valence-corrected chi connectivity index (χ3v) is 4.33. The fraction of sp³-hybridized carbons (Fsp3) is 0.625. The van der Waals surface area contributed by atoms with Gasteiger partial charge in [0, 0.05) is 5.38 Å². The molecular formula is C16H23ClO. The number of rotatable bonds is 6. The zero-order valence-corrected chi connectivity index (χ0v) is 12.0. The van der Waals surface area contributed by atoms with Crippen LogP contribution in [0.25, 0.3) is 0 Å². The van der Waals surface area contributed by atoms with Crippen molar-refractivity contribution in [3.8, 4) is 5.75 Å². The molecule has 0 aliphatic heterocycles. The van der Waals surface area contributed by atoms with E-state index in [9.17, 15) is 0 Å². The summed E-state index contributed by atoms with van der Waals surface area (Å²) >= 11 is 6.45. The maximum Gasteiger partial charge on any atom is 0.119 e. The Morgan fingerprint density at radius 2 is 2.11 bits per heavy atom. The third-order valence-electron chi connectivity index (χ3n) is 3.95. The van der Waals surface area contributed by atoms with Gasteiger partial charge < -0.3 is 4.74 Å². The van der Waals surface area contributed by atoms with E-state index < -0.39 is 0 Å². The molecule has 1 unspecified atom stereocenters. The molecule has 1 saturated carbocycles. The van der Waals surface area contributed by atoms with Crippen LogP contribution < -0.4 is 4.74 Å². The zero-order valence-electron chi connectivity index (χ0n) is 11.2. The standard InChI is InChI=1S/C16H23ClO/c1-18-16-8-4-7-14(12-16)11-15(17)10-9-13-5-2-3-6-13/h4,7-8,12-13,15H,2-3,5-6,9-11H2,1H3. The SMILES string of the molecule is COc1cccc(CC(Cl)CCC2CCCC2)c1. The molecule has 0 spiro atoms. The van der Waals surface area contributed by atoms with Gasteiger partial charge in [0.15, 0.2) is 0 Å². The van der Waals surface area contributed by atoms with Crippen molar-refractivity contribution >= 4 is 11.6 Å². The molecule has 0 heterocycles. The molecular weight excluding hydrogens is 244 g/mol. The molecule has 0 aromatic heterocycles. The highest BCUT2D eigenvalue weighted by atomic mass is 35.5. The summed E-state index contributed by atoms with van der Waals surface area (Å²) in [5, 5.41) is 0.262. The molecule has 2 heteroatoms. The summed E-state index contributed by atoms with van der Waals surface area (Å²) in [4.78, 5) is 0. The molecule has 0 bridgehead atoms. The van der Waals surface area contributed by atoms with Crippen LogP contribution in [0, 0.1) is 5.92 Å². The fourth-order valence-electron chi connectivity index (χ4n) is 2.87. The van der Waals surface area contributed by atoms with E-state index in [4.69, 9.17) is 16.3 Å². The molecule has 1 nitrogen and oxygen atoms in total. The molecule has 0 saturated heterocycles. The van der Waals surface area contributed by atoms with Crippen LogP contribution in [-0.4, -0.2) is 12.5 Å². The Morgan fingerprint density at radius 1 is 1.33 bits per heavy atom. The second-order valence-corrected chi connectivity index (χ2v) is 6.00. The van der Waals surface area contributed by atoms with E-state index in [0.29, 0.717) is 0 Å². The summed E-state index contributed by atoms with van der Waals surface area (Å²) in [6.45, 7) is 0. The molecule has 1 aromatic carbocycles. The van der Waals surface area contributed by atoms with E-state index >= 15 is 0 Å². The number of hydrogen-bond donors (Lipinski definition) is 0. The van der Waals surface area contributed by atoms with Gasteiger partial charge in [0.25, 0.3) is 0 Å². The fourth-order valence-corrected chi connectivity index (χ4v) is 3.18. The highest BCUT2D eigenvalue weighted by Crippen LogP contribution is 2.30. The summed E-state index contributed by atoms with van der Waals surface area (Å²) < 4.78 is 5.23. The smallest absolute Gasteiger partial charge is 0.119 e. The molecule has 0 N–H and O–H groups in total. The lowest BCUT2D eigenvalue weighted by Crippen LogP contribution is -2.06. The molecule has 0 amide bonds. The molecule has 2 rings (SSSR count). The highest BCUT2D eigenvalue weighted by Gasteiger charge is 2.16. The van der Waals surface area contributed by atoms with Crippen LogP contribution in [0.3, 0.4) is 0 Å². The van der Waals surface area contributed by atoms with Crippen molar-refractivity contribution < 1.29 is 4.74 Å². The van der Waals surface area contributed by atoms with E-state index in [2.05, 4.69) is 12.1 Å². The van der Waals surface area contributed by atoms with Crippen LogP contribution in [0.15, 0.2) is 24.3 Å². The first-order chi connectivity index (χ1) is 8.78. The van der Waals surface area contributed by atoms with E-state index in [-0.39, 0.29) is 5.38 Å². The van der Waals surface area contributed by atoms with Crippen molar-refractivity contribution in [1.82, 2.24) is 0 Å². The van der Waals surface area contributed by atoms with Crippen LogP contribution >= 0.6 is 11.6 Å². The van der Waals surface area contributed by atoms with Crippen LogP contribution in [0.5, 0.6) is 5.75 Å². The number of hydrogen-bond acceptors (Lipinski definition) is 1. The summed E-state index contributed by atoms with van der Waals surface area (Å²) in [5.74, 6) is 1.86. The predicted octanol–water partition coefficient (Wildman–Crippen LogP) is 4.82. The van der Waals surface area contributed by atoms with Crippen molar-refractivity contribution in [2.45, 2.75) is 50.3 Å². The van der Waals surface area contributed by atoms with Gasteiger partial charge in [0.1, 0.15) is 5.75 Å². The largest absolute Gasteiger partial charge is 0.497 e. The van der Waals surface area contributed by atoms with Crippen molar-refractivity contribution in [1.29, 1.82) is 0 Å². The molecule has 18 heavy (non-hydrogen) atoms. The molecule has 1 aromatic rings. The van der Waals surface area contributed by atoms with Crippen molar-refractivity contribution in [2.75, 3.05) is 7.11 Å². The lowest BCUT2D eigenvalue weighted by Gasteiger charge is -2.13. The summed E-state index contributed by atoms with van der Waals surface area (Å²) in [6.07, 6.45) is 9.08. The number of benzene rings is 1. The van der Waals surface area contributed by atoms with Crippen LogP contribution in [0.4, 0.5) is 0 Å². The average molecular weight is 267 g/mol. The quantitative estimate of drug-likeness (QED) is 0.671. The zero-order chi connectivity index (χ0) is 12.8. The maximum atomic E-state index is 6.45. The Morgan fingerprint density at radius 3 is 2.83 bits per heavy atom. The minimum absolute atomic E-state index is 0.262. The predicted molar refractivity (Wildman–Crippen MR) is 77.5 cm³/mol. The van der Waals surface area contributed by atoms with Crippen LogP contribution in [0.2, 0.25) is 0 Å². The lowest BCUT2D eigenvalue weighted by molar-refractivity contribution is 0.414. The van der Waals surface area contributed by atoms with Gasteiger partial charge in [0.05, 0.1) is 7.11 Å². The Bertz CT molecular complexity index is 358. The topological polar surface area (TPSA) is 9.23 Å². The van der Waals surface area contributed by atoms with Crippen LogP contribution in [0.1, 0.15) is 44.1 Å². The second kappa shape index (κ2) is 7.04. The molecule has 1 aliphatic rings. The summed E-state index contributed by atoms with van der Waals surface area (Å²) in [7, 11) is 1.71. The monoisotopic (exact) mass is 266 g/mol. The van der Waals surface area contributed by atoms with E-state index in [1.165, 1.54) is 37.7 Å². The Kier molecular flexibility index (Phi) is 5.37. The minimum Gasteiger partial charge on any atom is -0.497 e. The minimum atomic E-state index is 0.262. The molecule has 100 valence electrons. The normalized spacial score (nSPS) is 17.9. The van der Waals surface area contributed by atoms with E-state index in [0.717, 1.165) is 24.5 Å². The molecule has 0 radical (unpaired) electrons. The summed E-state index contributed by atoms with van der Waals surface area (Å²) in [5.41, 5.74) is 1.28. The first kappa shape index (κ1) is 13.7. The van der Waals surface area contributed by atoms with Crippen molar-refractivity contribution in [3.05, 3.63) is 29.8 Å². The van der Waals surface area contributed by atoms with Gasteiger partial charge in [-0.1, -0.05) is 37.8 Å². The van der Waals surface area contributed by atoms with Gasteiger partial charge in [-0.3, -0.25) is 0 Å². The third kappa shape index (κ3) is 4.20. The molecule has 1 fully saturated rings. The van der Waals surface area contributed by atoms with Gasteiger partial charge in [-0.2, -0.15) is 0 Å². The Labute approximate surface area is 115 Å².